The minimum absolute atomic E-state index is 0.653. The molecule has 0 N–H and O–H groups in total. The van der Waals surface area contributed by atoms with Crippen molar-refractivity contribution in [2.75, 3.05) is 0 Å². The van der Waals surface area contributed by atoms with Gasteiger partial charge >= 0.3 is 6.18 Å². The number of imidazole rings is 1. The van der Waals surface area contributed by atoms with Gasteiger partial charge in [0.1, 0.15) is 0 Å². The predicted octanol–water partition coefficient (Wildman–Crippen LogP) is 6.96. The van der Waals surface area contributed by atoms with Crippen molar-refractivity contribution in [1.82, 2.24) is 9.55 Å². The standard InChI is InChI=1S/C22H12F3IN2/c23-22(24,25)13-9-11-14(12-10-13)28-20-18-8-4-2-6-16(18)15-5-1-3-7-17(15)19(20)27-21(28)26/h1-12H. The second-order valence-corrected chi connectivity index (χ2v) is 7.51. The Bertz CT molecular complexity index is 1350. The van der Waals surface area contributed by atoms with Crippen molar-refractivity contribution in [3.05, 3.63) is 82.2 Å². The number of alkyl halides is 3. The first-order valence-corrected chi connectivity index (χ1v) is 9.68. The van der Waals surface area contributed by atoms with Crippen LogP contribution in [0.5, 0.6) is 0 Å². The molecule has 0 amide bonds. The topological polar surface area (TPSA) is 17.8 Å². The summed E-state index contributed by atoms with van der Waals surface area (Å²) in [4.78, 5) is 4.77. The molecule has 0 aliphatic heterocycles. The molecule has 0 unspecified atom stereocenters. The van der Waals surface area contributed by atoms with Crippen molar-refractivity contribution >= 4 is 55.2 Å². The fraction of sp³-hybridized carbons (Fsp3) is 0.0455. The van der Waals surface area contributed by atoms with Crippen molar-refractivity contribution in [2.45, 2.75) is 6.18 Å². The second kappa shape index (κ2) is 6.20. The van der Waals surface area contributed by atoms with E-state index in [2.05, 4.69) is 34.7 Å². The molecule has 5 rings (SSSR count). The maximum atomic E-state index is 13.0. The van der Waals surface area contributed by atoms with Crippen LogP contribution in [0.1, 0.15) is 5.56 Å². The number of benzene rings is 4. The monoisotopic (exact) mass is 488 g/mol. The summed E-state index contributed by atoms with van der Waals surface area (Å²) in [6.45, 7) is 0. The fourth-order valence-electron chi connectivity index (χ4n) is 3.71. The van der Waals surface area contributed by atoms with Crippen LogP contribution in [0, 0.1) is 3.83 Å². The summed E-state index contributed by atoms with van der Waals surface area (Å²) >= 11 is 2.14. The molecule has 0 radical (unpaired) electrons. The molecule has 4 aromatic carbocycles. The Labute approximate surface area is 171 Å². The average molecular weight is 488 g/mol. The maximum Gasteiger partial charge on any atom is 0.416 e. The Morgan fingerprint density at radius 1 is 0.714 bits per heavy atom. The Kier molecular flexibility index (Phi) is 3.87. The van der Waals surface area contributed by atoms with Gasteiger partial charge in [-0.05, 0) is 35.0 Å². The van der Waals surface area contributed by atoms with Gasteiger partial charge in [-0.3, -0.25) is 4.57 Å². The molecule has 0 aliphatic carbocycles. The predicted molar refractivity (Wildman–Crippen MR) is 114 cm³/mol. The molecule has 0 saturated carbocycles. The molecule has 0 atom stereocenters. The van der Waals surface area contributed by atoms with Crippen molar-refractivity contribution in [3.8, 4) is 5.69 Å². The summed E-state index contributed by atoms with van der Waals surface area (Å²) in [5.74, 6) is 0. The molecule has 0 fully saturated rings. The van der Waals surface area contributed by atoms with Crippen LogP contribution in [-0.2, 0) is 6.18 Å². The van der Waals surface area contributed by atoms with E-state index in [0.717, 1.165) is 44.7 Å². The van der Waals surface area contributed by atoms with E-state index in [4.69, 9.17) is 4.98 Å². The summed E-state index contributed by atoms with van der Waals surface area (Å²) < 4.78 is 41.5. The number of rotatable bonds is 1. The van der Waals surface area contributed by atoms with Crippen molar-refractivity contribution in [3.63, 3.8) is 0 Å². The SMILES string of the molecule is FC(F)(F)c1ccc(-n2c(I)nc3c4ccccc4c4ccccc4c32)cc1. The Morgan fingerprint density at radius 2 is 1.25 bits per heavy atom. The smallest absolute Gasteiger partial charge is 0.287 e. The van der Waals surface area contributed by atoms with E-state index in [1.807, 2.05) is 41.0 Å². The quantitative estimate of drug-likeness (QED) is 0.184. The van der Waals surface area contributed by atoms with E-state index < -0.39 is 11.7 Å². The van der Waals surface area contributed by atoms with Gasteiger partial charge in [-0.25, -0.2) is 4.98 Å². The van der Waals surface area contributed by atoms with Gasteiger partial charge in [0.15, 0.2) is 3.83 Å². The molecular weight excluding hydrogens is 476 g/mol. The number of aromatic nitrogens is 2. The summed E-state index contributed by atoms with van der Waals surface area (Å²) in [7, 11) is 0. The summed E-state index contributed by atoms with van der Waals surface area (Å²) in [6, 6.07) is 21.3. The van der Waals surface area contributed by atoms with Gasteiger partial charge in [-0.15, -0.1) is 0 Å². The Morgan fingerprint density at radius 3 is 1.86 bits per heavy atom. The number of hydrogen-bond donors (Lipinski definition) is 0. The van der Waals surface area contributed by atoms with Gasteiger partial charge < -0.3 is 0 Å². The third kappa shape index (κ3) is 2.58. The summed E-state index contributed by atoms with van der Waals surface area (Å²) in [5.41, 5.74) is 1.74. The molecule has 2 nitrogen and oxygen atoms in total. The van der Waals surface area contributed by atoms with E-state index in [-0.39, 0.29) is 0 Å². The summed E-state index contributed by atoms with van der Waals surface area (Å²) in [6.07, 6.45) is -4.36. The third-order valence-electron chi connectivity index (χ3n) is 4.94. The number of hydrogen-bond acceptors (Lipinski definition) is 1. The maximum absolute atomic E-state index is 13.0. The lowest BCUT2D eigenvalue weighted by atomic mass is 10.00. The lowest BCUT2D eigenvalue weighted by molar-refractivity contribution is -0.137. The number of halogens is 4. The van der Waals surface area contributed by atoms with Crippen molar-refractivity contribution in [1.29, 1.82) is 0 Å². The highest BCUT2D eigenvalue weighted by Crippen LogP contribution is 2.37. The molecule has 28 heavy (non-hydrogen) atoms. The molecule has 6 heteroatoms. The Balaban J connectivity index is 1.90. The minimum atomic E-state index is -4.36. The first-order chi connectivity index (χ1) is 13.4. The van der Waals surface area contributed by atoms with Crippen molar-refractivity contribution < 1.29 is 13.2 Å². The highest BCUT2D eigenvalue weighted by Gasteiger charge is 2.30. The van der Waals surface area contributed by atoms with E-state index in [1.54, 1.807) is 0 Å². The minimum Gasteiger partial charge on any atom is -0.287 e. The van der Waals surface area contributed by atoms with Crippen LogP contribution in [0.15, 0.2) is 72.8 Å². The van der Waals surface area contributed by atoms with Crippen LogP contribution in [0.2, 0.25) is 0 Å². The molecule has 1 aromatic heterocycles. The first kappa shape index (κ1) is 17.5. The molecule has 0 bridgehead atoms. The van der Waals surface area contributed by atoms with E-state index in [0.29, 0.717) is 9.52 Å². The van der Waals surface area contributed by atoms with Gasteiger partial charge in [-0.2, -0.15) is 13.2 Å². The van der Waals surface area contributed by atoms with Gasteiger partial charge in [0, 0.05) is 39.1 Å². The average Bonchev–Trinajstić information content (AvgIpc) is 3.05. The number of nitrogens with zero attached hydrogens (tertiary/aromatic N) is 2. The van der Waals surface area contributed by atoms with E-state index >= 15 is 0 Å². The molecule has 0 saturated heterocycles. The van der Waals surface area contributed by atoms with Crippen LogP contribution in [0.3, 0.4) is 0 Å². The van der Waals surface area contributed by atoms with E-state index in [9.17, 15) is 13.2 Å². The molecule has 138 valence electrons. The highest BCUT2D eigenvalue weighted by atomic mass is 127. The second-order valence-electron chi connectivity index (χ2n) is 6.55. The zero-order valence-electron chi connectivity index (χ0n) is 14.3. The molecule has 1 heterocycles. The fourth-order valence-corrected chi connectivity index (χ4v) is 4.47. The van der Waals surface area contributed by atoms with Gasteiger partial charge in [0.05, 0.1) is 16.6 Å². The van der Waals surface area contributed by atoms with Crippen LogP contribution in [0.25, 0.3) is 38.3 Å². The number of fused-ring (bicyclic) bond motifs is 6. The molecular formula is C22H12F3IN2. The normalized spacial score (nSPS) is 12.3. The highest BCUT2D eigenvalue weighted by molar-refractivity contribution is 14.1. The van der Waals surface area contributed by atoms with Gasteiger partial charge in [0.25, 0.3) is 0 Å². The zero-order valence-corrected chi connectivity index (χ0v) is 16.5. The lowest BCUT2D eigenvalue weighted by Gasteiger charge is -2.12. The summed E-state index contributed by atoms with van der Waals surface area (Å²) in [5, 5.41) is 4.25. The largest absolute Gasteiger partial charge is 0.416 e. The van der Waals surface area contributed by atoms with Crippen LogP contribution >= 0.6 is 22.6 Å². The molecule has 0 aliphatic rings. The van der Waals surface area contributed by atoms with Crippen LogP contribution in [0.4, 0.5) is 13.2 Å². The molecule has 0 spiro atoms. The zero-order chi connectivity index (χ0) is 19.5. The Hall–Kier alpha value is -2.61. The van der Waals surface area contributed by atoms with Crippen LogP contribution in [-0.4, -0.2) is 9.55 Å². The van der Waals surface area contributed by atoms with Crippen LogP contribution < -0.4 is 0 Å². The lowest BCUT2D eigenvalue weighted by Crippen LogP contribution is -2.05. The van der Waals surface area contributed by atoms with Crippen molar-refractivity contribution in [2.24, 2.45) is 0 Å². The first-order valence-electron chi connectivity index (χ1n) is 8.60. The van der Waals surface area contributed by atoms with E-state index in [1.165, 1.54) is 12.1 Å². The van der Waals surface area contributed by atoms with Gasteiger partial charge in [-0.1, -0.05) is 48.5 Å². The van der Waals surface area contributed by atoms with Gasteiger partial charge in [0.2, 0.25) is 0 Å². The molecule has 5 aromatic rings. The third-order valence-corrected chi connectivity index (χ3v) is 5.67.